The van der Waals surface area contributed by atoms with Crippen molar-refractivity contribution >= 4 is 20.0 Å². The fraction of sp³-hybridized carbons (Fsp3) is 0.500. The van der Waals surface area contributed by atoms with E-state index < -0.39 is 6.10 Å². The second-order valence-electron chi connectivity index (χ2n) is 4.18. The molecule has 0 radical (unpaired) electrons. The molecule has 0 aromatic carbocycles. The molecule has 1 rings (SSSR count). The molecule has 2 nitrogen and oxygen atoms in total. The van der Waals surface area contributed by atoms with Crippen molar-refractivity contribution in [2.24, 2.45) is 5.41 Å². The van der Waals surface area contributed by atoms with Crippen LogP contribution in [-0.4, -0.2) is 36.3 Å². The van der Waals surface area contributed by atoms with Crippen molar-refractivity contribution in [1.29, 1.82) is 0 Å². The molecule has 2 N–H and O–H groups in total. The normalized spacial score (nSPS) is 24.0. The van der Waals surface area contributed by atoms with Crippen LogP contribution in [0.2, 0.25) is 0 Å². The summed E-state index contributed by atoms with van der Waals surface area (Å²) in [7, 11) is 0. The number of hydrogen-bond donors (Lipinski definition) is 2. The molecule has 1 unspecified atom stereocenters. The number of allylic oxidation sites excluding steroid dienone is 1. The third kappa shape index (κ3) is 2.11. The zero-order valence-electron chi connectivity index (χ0n) is 8.03. The maximum atomic E-state index is 9.63. The Morgan fingerprint density at radius 1 is 1.38 bits per heavy atom. The Kier molecular flexibility index (Phi) is 2.81. The summed E-state index contributed by atoms with van der Waals surface area (Å²) >= 11 is 2.81. The SMILES string of the molecule is CC(C)(C)C1=C(O)C=CC(O)C1=[Se]. The van der Waals surface area contributed by atoms with Crippen molar-refractivity contribution in [1.82, 2.24) is 0 Å². The van der Waals surface area contributed by atoms with Gasteiger partial charge in [0.15, 0.2) is 0 Å². The maximum absolute atomic E-state index is 9.63. The summed E-state index contributed by atoms with van der Waals surface area (Å²) in [6, 6.07) is 0. The van der Waals surface area contributed by atoms with Crippen LogP contribution < -0.4 is 0 Å². The zero-order chi connectivity index (χ0) is 10.2. The van der Waals surface area contributed by atoms with E-state index in [4.69, 9.17) is 0 Å². The summed E-state index contributed by atoms with van der Waals surface area (Å²) in [6.45, 7) is 6.01. The van der Waals surface area contributed by atoms with E-state index in [2.05, 4.69) is 15.6 Å². The van der Waals surface area contributed by atoms with Gasteiger partial charge in [-0.2, -0.15) is 0 Å². The van der Waals surface area contributed by atoms with E-state index in [0.29, 0.717) is 4.42 Å². The molecule has 0 amide bonds. The molecular weight excluding hydrogens is 231 g/mol. The van der Waals surface area contributed by atoms with Gasteiger partial charge in [-0.15, -0.1) is 0 Å². The van der Waals surface area contributed by atoms with Crippen LogP contribution in [0, 0.1) is 5.41 Å². The second-order valence-corrected chi connectivity index (χ2v) is 5.10. The van der Waals surface area contributed by atoms with Crippen molar-refractivity contribution < 1.29 is 10.2 Å². The van der Waals surface area contributed by atoms with E-state index >= 15 is 0 Å². The van der Waals surface area contributed by atoms with Crippen LogP contribution in [0.5, 0.6) is 0 Å². The number of rotatable bonds is 0. The Hall–Kier alpha value is -0.371. The van der Waals surface area contributed by atoms with Gasteiger partial charge >= 0.3 is 86.0 Å². The van der Waals surface area contributed by atoms with Gasteiger partial charge in [0.05, 0.1) is 0 Å². The summed E-state index contributed by atoms with van der Waals surface area (Å²) in [6.07, 6.45) is 2.51. The van der Waals surface area contributed by atoms with E-state index in [9.17, 15) is 10.2 Å². The van der Waals surface area contributed by atoms with Gasteiger partial charge in [0.1, 0.15) is 0 Å². The van der Waals surface area contributed by atoms with E-state index in [0.717, 1.165) is 5.57 Å². The summed E-state index contributed by atoms with van der Waals surface area (Å²) in [4.78, 5) is 0. The molecule has 0 saturated carbocycles. The van der Waals surface area contributed by atoms with Gasteiger partial charge in [-0.1, -0.05) is 0 Å². The average Bonchev–Trinajstić information content (AvgIpc) is 1.95. The van der Waals surface area contributed by atoms with Gasteiger partial charge < -0.3 is 0 Å². The molecule has 1 aliphatic rings. The van der Waals surface area contributed by atoms with Gasteiger partial charge in [0.25, 0.3) is 0 Å². The van der Waals surface area contributed by atoms with E-state index in [1.807, 2.05) is 20.8 Å². The predicted molar refractivity (Wildman–Crippen MR) is 55.0 cm³/mol. The van der Waals surface area contributed by atoms with Gasteiger partial charge in [-0.05, 0) is 0 Å². The molecule has 3 heteroatoms. The Morgan fingerprint density at radius 3 is 2.31 bits per heavy atom. The van der Waals surface area contributed by atoms with Crippen LogP contribution in [0.3, 0.4) is 0 Å². The summed E-state index contributed by atoms with van der Waals surface area (Å²) in [5.41, 5.74) is 0.638. The van der Waals surface area contributed by atoms with Gasteiger partial charge in [-0.25, -0.2) is 0 Å². The molecule has 13 heavy (non-hydrogen) atoms. The first-order valence-electron chi connectivity index (χ1n) is 4.18. The van der Waals surface area contributed by atoms with E-state index in [1.165, 1.54) is 0 Å². The molecule has 0 aromatic heterocycles. The third-order valence-corrected chi connectivity index (χ3v) is 2.89. The molecule has 0 spiro atoms. The standard InChI is InChI=1S/C10H14O2Se/c1-10(2,3)8-6(11)4-5-7(12)9(8)13/h4-5,7,11-12H,1-3H3. The first-order valence-corrected chi connectivity index (χ1v) is 5.04. The van der Waals surface area contributed by atoms with Crippen LogP contribution in [0.15, 0.2) is 23.5 Å². The summed E-state index contributed by atoms with van der Waals surface area (Å²) in [5, 5.41) is 19.2. The zero-order valence-corrected chi connectivity index (χ0v) is 9.75. The molecule has 0 heterocycles. The number of aliphatic hydroxyl groups excluding tert-OH is 2. The minimum atomic E-state index is -0.606. The van der Waals surface area contributed by atoms with E-state index in [-0.39, 0.29) is 11.2 Å². The van der Waals surface area contributed by atoms with Crippen molar-refractivity contribution in [3.8, 4) is 0 Å². The molecule has 0 fully saturated rings. The molecule has 0 bridgehead atoms. The fourth-order valence-corrected chi connectivity index (χ4v) is 2.41. The minimum absolute atomic E-state index is 0.156. The molecule has 72 valence electrons. The Labute approximate surface area is 86.3 Å². The van der Waals surface area contributed by atoms with Crippen LogP contribution in [0.4, 0.5) is 0 Å². The predicted octanol–water partition coefficient (Wildman–Crippen LogP) is 1.12. The third-order valence-electron chi connectivity index (χ3n) is 1.96. The van der Waals surface area contributed by atoms with Crippen molar-refractivity contribution in [3.05, 3.63) is 23.5 Å². The molecule has 1 atom stereocenters. The Morgan fingerprint density at radius 2 is 1.92 bits per heavy atom. The monoisotopic (exact) mass is 246 g/mol. The summed E-state index contributed by atoms with van der Waals surface area (Å²) in [5.74, 6) is 0.242. The molecule has 1 aliphatic carbocycles. The second kappa shape index (κ2) is 3.41. The molecule has 0 aromatic rings. The summed E-state index contributed by atoms with van der Waals surface area (Å²) < 4.78 is 0.715. The van der Waals surface area contributed by atoms with Gasteiger partial charge in [0.2, 0.25) is 0 Å². The molecule has 0 aliphatic heterocycles. The van der Waals surface area contributed by atoms with Gasteiger partial charge in [0, 0.05) is 0 Å². The van der Waals surface area contributed by atoms with Crippen molar-refractivity contribution in [2.45, 2.75) is 26.9 Å². The molecular formula is C10H14O2Se. The van der Waals surface area contributed by atoms with E-state index in [1.54, 1.807) is 12.2 Å². The average molecular weight is 245 g/mol. The first-order chi connectivity index (χ1) is 5.84. The number of aliphatic hydroxyl groups is 2. The van der Waals surface area contributed by atoms with Gasteiger partial charge in [-0.3, -0.25) is 0 Å². The van der Waals surface area contributed by atoms with Crippen LogP contribution >= 0.6 is 0 Å². The first kappa shape index (κ1) is 10.7. The number of hydrogen-bond acceptors (Lipinski definition) is 2. The van der Waals surface area contributed by atoms with Crippen molar-refractivity contribution in [3.63, 3.8) is 0 Å². The topological polar surface area (TPSA) is 40.5 Å². The Balaban J connectivity index is 3.18. The van der Waals surface area contributed by atoms with Crippen LogP contribution in [0.25, 0.3) is 0 Å². The Bertz CT molecular complexity index is 295. The van der Waals surface area contributed by atoms with Crippen molar-refractivity contribution in [2.75, 3.05) is 0 Å². The quantitative estimate of drug-likeness (QED) is 0.628. The molecule has 0 saturated heterocycles. The van der Waals surface area contributed by atoms with Crippen LogP contribution in [-0.2, 0) is 0 Å². The van der Waals surface area contributed by atoms with Crippen LogP contribution in [0.1, 0.15) is 20.8 Å². The fourth-order valence-electron chi connectivity index (χ4n) is 1.38.